The SMILES string of the molecule is COCC(N)C(=O)NCCc1nc(C(C)(C)C)cs1.Cl.Cl. The van der Waals surface area contributed by atoms with Crippen molar-refractivity contribution in [1.82, 2.24) is 10.3 Å². The molecule has 1 amide bonds. The van der Waals surface area contributed by atoms with Crippen LogP contribution < -0.4 is 11.1 Å². The summed E-state index contributed by atoms with van der Waals surface area (Å²) in [5.41, 5.74) is 6.78. The molecule has 1 aromatic rings. The molecule has 0 fully saturated rings. The van der Waals surface area contributed by atoms with Gasteiger partial charge < -0.3 is 15.8 Å². The Labute approximate surface area is 142 Å². The number of rotatable bonds is 6. The maximum Gasteiger partial charge on any atom is 0.239 e. The number of nitrogens with one attached hydrogen (secondary N) is 1. The quantitative estimate of drug-likeness (QED) is 0.815. The van der Waals surface area contributed by atoms with E-state index in [-0.39, 0.29) is 42.7 Å². The summed E-state index contributed by atoms with van der Waals surface area (Å²) in [5.74, 6) is -0.186. The summed E-state index contributed by atoms with van der Waals surface area (Å²) in [5, 5.41) is 5.90. The highest BCUT2D eigenvalue weighted by Gasteiger charge is 2.17. The fourth-order valence-corrected chi connectivity index (χ4v) is 2.47. The molecule has 0 aromatic carbocycles. The van der Waals surface area contributed by atoms with Crippen LogP contribution in [0.15, 0.2) is 5.38 Å². The Morgan fingerprint density at radius 3 is 2.57 bits per heavy atom. The van der Waals surface area contributed by atoms with Gasteiger partial charge in [-0.2, -0.15) is 0 Å². The number of thiazole rings is 1. The summed E-state index contributed by atoms with van der Waals surface area (Å²) in [6.45, 7) is 7.19. The van der Waals surface area contributed by atoms with E-state index in [1.807, 2.05) is 0 Å². The Hall–Kier alpha value is -0.400. The predicted octanol–water partition coefficient (Wildman–Crippen LogP) is 1.92. The van der Waals surface area contributed by atoms with E-state index in [2.05, 4.69) is 36.5 Å². The van der Waals surface area contributed by atoms with Crippen molar-refractivity contribution in [2.75, 3.05) is 20.3 Å². The number of methoxy groups -OCH3 is 1. The van der Waals surface area contributed by atoms with Crippen molar-refractivity contribution in [3.05, 3.63) is 16.1 Å². The number of carbonyl (C=O) groups excluding carboxylic acids is 1. The van der Waals surface area contributed by atoms with Crippen LogP contribution in [0.2, 0.25) is 0 Å². The zero-order valence-corrected chi connectivity index (χ0v) is 15.3. The first-order valence-corrected chi connectivity index (χ1v) is 7.19. The molecular weight excluding hydrogens is 333 g/mol. The van der Waals surface area contributed by atoms with Gasteiger partial charge in [-0.3, -0.25) is 4.79 Å². The number of nitrogens with two attached hydrogens (primary N) is 1. The number of halogens is 2. The van der Waals surface area contributed by atoms with E-state index in [9.17, 15) is 4.79 Å². The van der Waals surface area contributed by atoms with Crippen molar-refractivity contribution in [3.63, 3.8) is 0 Å². The van der Waals surface area contributed by atoms with E-state index in [4.69, 9.17) is 10.5 Å². The molecule has 3 N–H and O–H groups in total. The van der Waals surface area contributed by atoms with Gasteiger partial charge >= 0.3 is 0 Å². The first-order valence-electron chi connectivity index (χ1n) is 6.31. The lowest BCUT2D eigenvalue weighted by Gasteiger charge is -2.14. The third-order valence-electron chi connectivity index (χ3n) is 2.64. The number of ether oxygens (including phenoxy) is 1. The normalized spacial score (nSPS) is 12.0. The Morgan fingerprint density at radius 1 is 1.48 bits per heavy atom. The molecular formula is C13H25Cl2N3O2S. The van der Waals surface area contributed by atoms with Crippen LogP contribution in [0.5, 0.6) is 0 Å². The van der Waals surface area contributed by atoms with Crippen molar-refractivity contribution in [3.8, 4) is 0 Å². The average molecular weight is 358 g/mol. The molecule has 0 aliphatic rings. The smallest absolute Gasteiger partial charge is 0.239 e. The van der Waals surface area contributed by atoms with Crippen LogP contribution in [-0.2, 0) is 21.4 Å². The van der Waals surface area contributed by atoms with Gasteiger partial charge in [-0.05, 0) is 0 Å². The van der Waals surface area contributed by atoms with Crippen molar-refractivity contribution < 1.29 is 9.53 Å². The third kappa shape index (κ3) is 7.97. The van der Waals surface area contributed by atoms with Crippen LogP contribution in [0.25, 0.3) is 0 Å². The highest BCUT2D eigenvalue weighted by Crippen LogP contribution is 2.23. The molecule has 21 heavy (non-hydrogen) atoms. The summed E-state index contributed by atoms with van der Waals surface area (Å²) in [4.78, 5) is 16.1. The first kappa shape index (κ1) is 22.9. The molecule has 0 radical (unpaired) electrons. The summed E-state index contributed by atoms with van der Waals surface area (Å²) < 4.78 is 4.83. The lowest BCUT2D eigenvalue weighted by atomic mass is 9.93. The maximum atomic E-state index is 11.6. The Balaban J connectivity index is 0. The molecule has 0 spiro atoms. The van der Waals surface area contributed by atoms with Crippen LogP contribution >= 0.6 is 36.2 Å². The van der Waals surface area contributed by atoms with Crippen LogP contribution in [0.3, 0.4) is 0 Å². The standard InChI is InChI=1S/C13H23N3O2S.2ClH/c1-13(2,3)10-8-19-11(16-10)5-6-15-12(17)9(14)7-18-4;;/h8-9H,5-7,14H2,1-4H3,(H,15,17);2*1H. The monoisotopic (exact) mass is 357 g/mol. The predicted molar refractivity (Wildman–Crippen MR) is 91.9 cm³/mol. The summed E-state index contributed by atoms with van der Waals surface area (Å²) in [7, 11) is 1.52. The van der Waals surface area contributed by atoms with Gasteiger partial charge in [0, 0.05) is 30.9 Å². The highest BCUT2D eigenvalue weighted by molar-refractivity contribution is 7.09. The van der Waals surface area contributed by atoms with E-state index in [1.165, 1.54) is 7.11 Å². The highest BCUT2D eigenvalue weighted by atomic mass is 35.5. The molecule has 5 nitrogen and oxygen atoms in total. The van der Waals surface area contributed by atoms with Gasteiger partial charge in [0.15, 0.2) is 0 Å². The zero-order valence-electron chi connectivity index (χ0n) is 12.8. The minimum Gasteiger partial charge on any atom is -0.383 e. The largest absolute Gasteiger partial charge is 0.383 e. The lowest BCUT2D eigenvalue weighted by Crippen LogP contribution is -2.44. The molecule has 0 aliphatic carbocycles. The number of carbonyl (C=O) groups is 1. The van der Waals surface area contributed by atoms with Gasteiger partial charge in [0.2, 0.25) is 5.91 Å². The molecule has 1 aromatic heterocycles. The lowest BCUT2D eigenvalue weighted by molar-refractivity contribution is -0.123. The average Bonchev–Trinajstić information content (AvgIpc) is 2.77. The first-order chi connectivity index (χ1) is 8.84. The third-order valence-corrected chi connectivity index (χ3v) is 3.55. The molecule has 1 unspecified atom stereocenters. The molecule has 0 bridgehead atoms. The van der Waals surface area contributed by atoms with Crippen LogP contribution in [0.4, 0.5) is 0 Å². The Kier molecular flexibility index (Phi) is 11.3. The number of hydrogen-bond donors (Lipinski definition) is 2. The van der Waals surface area contributed by atoms with Crippen LogP contribution in [0, 0.1) is 0 Å². The Bertz CT molecular complexity index is 422. The van der Waals surface area contributed by atoms with Crippen molar-refractivity contribution >= 4 is 42.1 Å². The van der Waals surface area contributed by atoms with Crippen molar-refractivity contribution in [1.29, 1.82) is 0 Å². The van der Waals surface area contributed by atoms with Gasteiger partial charge in [-0.15, -0.1) is 36.2 Å². The van der Waals surface area contributed by atoms with Gasteiger partial charge in [-0.25, -0.2) is 4.98 Å². The van der Waals surface area contributed by atoms with E-state index in [1.54, 1.807) is 11.3 Å². The summed E-state index contributed by atoms with van der Waals surface area (Å²) in [6, 6.07) is -0.605. The zero-order chi connectivity index (χ0) is 14.5. The number of hydrogen-bond acceptors (Lipinski definition) is 5. The minimum absolute atomic E-state index is 0. The number of aromatic nitrogens is 1. The van der Waals surface area contributed by atoms with E-state index in [0.29, 0.717) is 6.54 Å². The number of nitrogens with zero attached hydrogens (tertiary/aromatic N) is 1. The van der Waals surface area contributed by atoms with E-state index >= 15 is 0 Å². The molecule has 1 rings (SSSR count). The summed E-state index contributed by atoms with van der Waals surface area (Å²) in [6.07, 6.45) is 0.728. The van der Waals surface area contributed by atoms with Crippen molar-refractivity contribution in [2.24, 2.45) is 5.73 Å². The van der Waals surface area contributed by atoms with Gasteiger partial charge in [0.25, 0.3) is 0 Å². The van der Waals surface area contributed by atoms with Crippen LogP contribution in [0.1, 0.15) is 31.5 Å². The summed E-state index contributed by atoms with van der Waals surface area (Å²) >= 11 is 1.63. The van der Waals surface area contributed by atoms with E-state index < -0.39 is 6.04 Å². The molecule has 0 saturated heterocycles. The van der Waals surface area contributed by atoms with Gasteiger partial charge in [-0.1, -0.05) is 20.8 Å². The van der Waals surface area contributed by atoms with E-state index in [0.717, 1.165) is 17.1 Å². The topological polar surface area (TPSA) is 77.2 Å². The van der Waals surface area contributed by atoms with Gasteiger partial charge in [0.1, 0.15) is 6.04 Å². The number of amides is 1. The fourth-order valence-electron chi connectivity index (χ4n) is 1.45. The molecule has 0 saturated carbocycles. The molecule has 1 heterocycles. The minimum atomic E-state index is -0.605. The molecule has 1 atom stereocenters. The second kappa shape index (κ2) is 10.3. The second-order valence-electron chi connectivity index (χ2n) is 5.48. The second-order valence-corrected chi connectivity index (χ2v) is 6.42. The van der Waals surface area contributed by atoms with Crippen LogP contribution in [-0.4, -0.2) is 37.2 Å². The Morgan fingerprint density at radius 2 is 2.10 bits per heavy atom. The van der Waals surface area contributed by atoms with Gasteiger partial charge in [0.05, 0.1) is 17.3 Å². The molecule has 0 aliphatic heterocycles. The molecule has 124 valence electrons. The molecule has 8 heteroatoms. The maximum absolute atomic E-state index is 11.6. The van der Waals surface area contributed by atoms with Crippen molar-refractivity contribution in [2.45, 2.75) is 38.6 Å². The fraction of sp³-hybridized carbons (Fsp3) is 0.692.